The molecule has 0 spiro atoms. The molecule has 0 bridgehead atoms. The summed E-state index contributed by atoms with van der Waals surface area (Å²) in [5.41, 5.74) is 3.01. The Labute approximate surface area is 137 Å². The molecule has 2 aromatic rings. The van der Waals surface area contributed by atoms with Crippen molar-refractivity contribution < 1.29 is 4.79 Å². The molecule has 0 aliphatic carbocycles. The third-order valence-electron chi connectivity index (χ3n) is 3.56. The van der Waals surface area contributed by atoms with Gasteiger partial charge >= 0.3 is 0 Å². The molecular weight excluding hydrogens is 294 g/mol. The highest BCUT2D eigenvalue weighted by molar-refractivity contribution is 6.30. The monoisotopic (exact) mass is 315 g/mol. The van der Waals surface area contributed by atoms with E-state index in [2.05, 4.69) is 43.4 Å². The fourth-order valence-corrected chi connectivity index (χ4v) is 2.60. The fraction of sp³-hybridized carbons (Fsp3) is 0.316. The van der Waals surface area contributed by atoms with Crippen LogP contribution in [0.3, 0.4) is 0 Å². The highest BCUT2D eigenvalue weighted by Gasteiger charge is 2.11. The maximum Gasteiger partial charge on any atom is 0.251 e. The summed E-state index contributed by atoms with van der Waals surface area (Å²) in [6.45, 7) is 6.41. The summed E-state index contributed by atoms with van der Waals surface area (Å²) in [6, 6.07) is 15.4. The Kier molecular flexibility index (Phi) is 5.62. The van der Waals surface area contributed by atoms with E-state index in [9.17, 15) is 4.79 Å². The van der Waals surface area contributed by atoms with Gasteiger partial charge in [0.2, 0.25) is 0 Å². The second kappa shape index (κ2) is 7.46. The molecule has 2 nitrogen and oxygen atoms in total. The lowest BCUT2D eigenvalue weighted by Crippen LogP contribution is -2.26. The maximum absolute atomic E-state index is 12.2. The van der Waals surface area contributed by atoms with E-state index in [0.29, 0.717) is 16.5 Å². The van der Waals surface area contributed by atoms with Gasteiger partial charge in [0, 0.05) is 10.6 Å². The number of nitrogens with one attached hydrogen (secondary N) is 1. The summed E-state index contributed by atoms with van der Waals surface area (Å²) >= 11 is 5.92. The van der Waals surface area contributed by atoms with Gasteiger partial charge in [-0.05, 0) is 48.6 Å². The van der Waals surface area contributed by atoms with Gasteiger partial charge in [-0.15, -0.1) is 0 Å². The van der Waals surface area contributed by atoms with E-state index in [0.717, 1.165) is 12.0 Å². The molecule has 0 radical (unpaired) electrons. The van der Waals surface area contributed by atoms with Crippen LogP contribution >= 0.6 is 11.6 Å². The Morgan fingerprint density at radius 1 is 1.09 bits per heavy atom. The van der Waals surface area contributed by atoms with Crippen LogP contribution in [0.15, 0.2) is 48.5 Å². The normalized spacial score (nSPS) is 12.2. The zero-order valence-corrected chi connectivity index (χ0v) is 14.0. The fourth-order valence-electron chi connectivity index (χ4n) is 2.41. The average Bonchev–Trinajstić information content (AvgIpc) is 2.47. The van der Waals surface area contributed by atoms with Crippen LogP contribution in [0.1, 0.15) is 48.3 Å². The minimum absolute atomic E-state index is 0.0421. The van der Waals surface area contributed by atoms with Crippen molar-refractivity contribution in [3.8, 4) is 0 Å². The second-order valence-corrected chi connectivity index (χ2v) is 6.48. The molecular formula is C19H22ClNO. The first-order chi connectivity index (χ1) is 10.5. The van der Waals surface area contributed by atoms with Crippen molar-refractivity contribution in [2.45, 2.75) is 33.2 Å². The van der Waals surface area contributed by atoms with E-state index in [1.807, 2.05) is 6.92 Å². The first-order valence-corrected chi connectivity index (χ1v) is 7.99. The Morgan fingerprint density at radius 3 is 2.36 bits per heavy atom. The standard InChI is InChI=1S/C19H22ClNO/c1-13(2)11-15-7-9-16(10-8-15)14(3)21-19(22)17-5-4-6-18(20)12-17/h4-10,12-14H,11H2,1-3H3,(H,21,22)/t14-/m0/s1. The van der Waals surface area contributed by atoms with Gasteiger partial charge in [0.25, 0.3) is 5.91 Å². The largest absolute Gasteiger partial charge is 0.346 e. The second-order valence-electron chi connectivity index (χ2n) is 6.05. The van der Waals surface area contributed by atoms with Gasteiger partial charge < -0.3 is 5.32 Å². The van der Waals surface area contributed by atoms with E-state index >= 15 is 0 Å². The minimum Gasteiger partial charge on any atom is -0.346 e. The van der Waals surface area contributed by atoms with E-state index < -0.39 is 0 Å². The van der Waals surface area contributed by atoms with Crippen molar-refractivity contribution in [1.82, 2.24) is 5.32 Å². The number of hydrogen-bond acceptors (Lipinski definition) is 1. The molecule has 116 valence electrons. The first-order valence-electron chi connectivity index (χ1n) is 7.61. The van der Waals surface area contributed by atoms with Gasteiger partial charge in [0.15, 0.2) is 0 Å². The van der Waals surface area contributed by atoms with Crippen LogP contribution in [0.4, 0.5) is 0 Å². The number of carbonyl (C=O) groups excluding carboxylic acids is 1. The highest BCUT2D eigenvalue weighted by Crippen LogP contribution is 2.17. The van der Waals surface area contributed by atoms with Crippen LogP contribution in [-0.4, -0.2) is 5.91 Å². The van der Waals surface area contributed by atoms with Gasteiger partial charge in [-0.1, -0.05) is 55.8 Å². The van der Waals surface area contributed by atoms with Crippen LogP contribution in [0.2, 0.25) is 5.02 Å². The molecule has 0 aliphatic heterocycles. The molecule has 0 unspecified atom stereocenters. The van der Waals surface area contributed by atoms with Crippen LogP contribution in [0.5, 0.6) is 0 Å². The van der Waals surface area contributed by atoms with E-state index in [1.54, 1.807) is 24.3 Å². The molecule has 1 amide bonds. The lowest BCUT2D eigenvalue weighted by molar-refractivity contribution is 0.0940. The molecule has 0 aromatic heterocycles. The molecule has 3 heteroatoms. The third kappa shape index (κ3) is 4.60. The Balaban J connectivity index is 2.02. The van der Waals surface area contributed by atoms with Crippen LogP contribution in [0.25, 0.3) is 0 Å². The number of benzene rings is 2. The van der Waals surface area contributed by atoms with Crippen LogP contribution in [0, 0.1) is 5.92 Å². The van der Waals surface area contributed by atoms with Gasteiger partial charge in [-0.2, -0.15) is 0 Å². The topological polar surface area (TPSA) is 29.1 Å². The molecule has 0 heterocycles. The minimum atomic E-state index is -0.110. The summed E-state index contributed by atoms with van der Waals surface area (Å²) in [7, 11) is 0. The van der Waals surface area contributed by atoms with E-state index in [4.69, 9.17) is 11.6 Å². The molecule has 0 saturated heterocycles. The zero-order valence-electron chi connectivity index (χ0n) is 13.3. The molecule has 0 aliphatic rings. The zero-order chi connectivity index (χ0) is 16.1. The molecule has 1 atom stereocenters. The summed E-state index contributed by atoms with van der Waals surface area (Å²) in [5, 5.41) is 3.57. The molecule has 2 rings (SSSR count). The smallest absolute Gasteiger partial charge is 0.251 e. The number of amides is 1. The van der Waals surface area contributed by atoms with Crippen molar-refractivity contribution in [3.63, 3.8) is 0 Å². The molecule has 0 saturated carbocycles. The Bertz CT molecular complexity index is 634. The molecule has 1 N–H and O–H groups in total. The number of hydrogen-bond donors (Lipinski definition) is 1. The van der Waals surface area contributed by atoms with Gasteiger partial charge in [-0.25, -0.2) is 0 Å². The Hall–Kier alpha value is -1.80. The average molecular weight is 316 g/mol. The lowest BCUT2D eigenvalue weighted by atomic mass is 10.00. The van der Waals surface area contributed by atoms with Crippen molar-refractivity contribution in [2.75, 3.05) is 0 Å². The maximum atomic E-state index is 12.2. The molecule has 0 fully saturated rings. The number of rotatable bonds is 5. The Morgan fingerprint density at radius 2 is 1.77 bits per heavy atom. The summed E-state index contributed by atoms with van der Waals surface area (Å²) < 4.78 is 0. The van der Waals surface area contributed by atoms with Crippen molar-refractivity contribution in [1.29, 1.82) is 0 Å². The van der Waals surface area contributed by atoms with Crippen molar-refractivity contribution >= 4 is 17.5 Å². The van der Waals surface area contributed by atoms with E-state index in [1.165, 1.54) is 5.56 Å². The third-order valence-corrected chi connectivity index (χ3v) is 3.79. The summed E-state index contributed by atoms with van der Waals surface area (Å²) in [5.74, 6) is 0.534. The first kappa shape index (κ1) is 16.6. The summed E-state index contributed by atoms with van der Waals surface area (Å²) in [4.78, 5) is 12.2. The van der Waals surface area contributed by atoms with Gasteiger partial charge in [0.05, 0.1) is 6.04 Å². The van der Waals surface area contributed by atoms with E-state index in [-0.39, 0.29) is 11.9 Å². The van der Waals surface area contributed by atoms with Crippen LogP contribution in [-0.2, 0) is 6.42 Å². The number of halogens is 1. The number of carbonyl (C=O) groups is 1. The SMILES string of the molecule is CC(C)Cc1ccc([C@H](C)NC(=O)c2cccc(Cl)c2)cc1. The van der Waals surface area contributed by atoms with Gasteiger partial charge in [-0.3, -0.25) is 4.79 Å². The van der Waals surface area contributed by atoms with Crippen molar-refractivity contribution in [3.05, 3.63) is 70.2 Å². The highest BCUT2D eigenvalue weighted by atomic mass is 35.5. The quantitative estimate of drug-likeness (QED) is 0.823. The lowest BCUT2D eigenvalue weighted by Gasteiger charge is -2.15. The predicted molar refractivity (Wildman–Crippen MR) is 92.3 cm³/mol. The predicted octanol–water partition coefficient (Wildman–Crippen LogP) is 5.03. The summed E-state index contributed by atoms with van der Waals surface area (Å²) in [6.07, 6.45) is 1.07. The van der Waals surface area contributed by atoms with Crippen molar-refractivity contribution in [2.24, 2.45) is 5.92 Å². The van der Waals surface area contributed by atoms with Gasteiger partial charge in [0.1, 0.15) is 0 Å². The molecule has 22 heavy (non-hydrogen) atoms. The molecule has 2 aromatic carbocycles. The van der Waals surface area contributed by atoms with Crippen LogP contribution < -0.4 is 5.32 Å².